The van der Waals surface area contributed by atoms with E-state index < -0.39 is 0 Å². The van der Waals surface area contributed by atoms with E-state index in [4.69, 9.17) is 0 Å². The van der Waals surface area contributed by atoms with Crippen LogP contribution in [0, 0.1) is 6.92 Å². The maximum absolute atomic E-state index is 11.1. The third-order valence-corrected chi connectivity index (χ3v) is 3.47. The molecule has 4 nitrogen and oxygen atoms in total. The van der Waals surface area contributed by atoms with Gasteiger partial charge in [0.15, 0.2) is 0 Å². The Morgan fingerprint density at radius 1 is 1.53 bits per heavy atom. The SMILES string of the molecule is CCn1nc(C)cc1CN1CCCCC1C=O. The zero-order valence-corrected chi connectivity index (χ0v) is 10.7. The quantitative estimate of drug-likeness (QED) is 0.746. The zero-order valence-electron chi connectivity index (χ0n) is 10.7. The summed E-state index contributed by atoms with van der Waals surface area (Å²) < 4.78 is 2.03. The molecule has 1 unspecified atom stereocenters. The number of piperidine rings is 1. The summed E-state index contributed by atoms with van der Waals surface area (Å²) in [6.45, 7) is 6.88. The Labute approximate surface area is 103 Å². The first-order valence-corrected chi connectivity index (χ1v) is 6.47. The fraction of sp³-hybridized carbons (Fsp3) is 0.692. The van der Waals surface area contributed by atoms with Crippen LogP contribution in [0.5, 0.6) is 0 Å². The molecule has 1 aromatic rings. The molecule has 4 heteroatoms. The minimum absolute atomic E-state index is 0.101. The molecule has 0 spiro atoms. The molecule has 1 aromatic heterocycles. The molecule has 17 heavy (non-hydrogen) atoms. The van der Waals surface area contributed by atoms with Gasteiger partial charge in [0, 0.05) is 13.1 Å². The average molecular weight is 235 g/mol. The van der Waals surface area contributed by atoms with Crippen LogP contribution < -0.4 is 0 Å². The molecule has 2 rings (SSSR count). The van der Waals surface area contributed by atoms with E-state index in [1.165, 1.54) is 18.5 Å². The lowest BCUT2D eigenvalue weighted by molar-refractivity contribution is -0.113. The third-order valence-electron chi connectivity index (χ3n) is 3.47. The summed E-state index contributed by atoms with van der Waals surface area (Å²) >= 11 is 0. The van der Waals surface area contributed by atoms with Gasteiger partial charge in [-0.05, 0) is 39.3 Å². The first-order chi connectivity index (χ1) is 8.24. The van der Waals surface area contributed by atoms with Gasteiger partial charge in [0.05, 0.1) is 17.4 Å². The van der Waals surface area contributed by atoms with E-state index in [1.54, 1.807) is 0 Å². The standard InChI is InChI=1S/C13H21N3O/c1-3-16-13(8-11(2)14-16)9-15-7-5-4-6-12(15)10-17/h8,10,12H,3-7,9H2,1-2H3. The van der Waals surface area contributed by atoms with E-state index in [2.05, 4.69) is 23.0 Å². The Bertz CT molecular complexity index is 386. The Balaban J connectivity index is 2.10. The van der Waals surface area contributed by atoms with Gasteiger partial charge in [-0.3, -0.25) is 9.58 Å². The van der Waals surface area contributed by atoms with Gasteiger partial charge in [-0.25, -0.2) is 0 Å². The monoisotopic (exact) mass is 235 g/mol. The smallest absolute Gasteiger partial charge is 0.137 e. The Morgan fingerprint density at radius 2 is 2.35 bits per heavy atom. The summed E-state index contributed by atoms with van der Waals surface area (Å²) in [6, 6.07) is 2.23. The van der Waals surface area contributed by atoms with E-state index >= 15 is 0 Å². The van der Waals surface area contributed by atoms with Crippen molar-refractivity contribution in [3.8, 4) is 0 Å². The minimum Gasteiger partial charge on any atom is -0.302 e. The van der Waals surface area contributed by atoms with E-state index in [9.17, 15) is 4.79 Å². The zero-order chi connectivity index (χ0) is 12.3. The van der Waals surface area contributed by atoms with Gasteiger partial charge in [-0.2, -0.15) is 5.10 Å². The summed E-state index contributed by atoms with van der Waals surface area (Å²) in [7, 11) is 0. The van der Waals surface area contributed by atoms with Gasteiger partial charge in [-0.1, -0.05) is 6.42 Å². The second-order valence-electron chi connectivity index (χ2n) is 4.76. The van der Waals surface area contributed by atoms with Crippen molar-refractivity contribution in [3.63, 3.8) is 0 Å². The van der Waals surface area contributed by atoms with Crippen molar-refractivity contribution in [3.05, 3.63) is 17.5 Å². The molecule has 1 aliphatic heterocycles. The highest BCUT2D eigenvalue weighted by Gasteiger charge is 2.22. The van der Waals surface area contributed by atoms with Crippen molar-refractivity contribution in [1.29, 1.82) is 0 Å². The van der Waals surface area contributed by atoms with Gasteiger partial charge >= 0.3 is 0 Å². The number of carbonyl (C=O) groups excluding carboxylic acids is 1. The number of likely N-dealkylation sites (tertiary alicyclic amines) is 1. The molecule has 1 fully saturated rings. The summed E-state index contributed by atoms with van der Waals surface area (Å²) in [6.07, 6.45) is 4.47. The number of aromatic nitrogens is 2. The number of carbonyl (C=O) groups is 1. The number of nitrogens with zero attached hydrogens (tertiary/aromatic N) is 3. The van der Waals surface area contributed by atoms with Crippen LogP contribution >= 0.6 is 0 Å². The number of hydrogen-bond acceptors (Lipinski definition) is 3. The van der Waals surface area contributed by atoms with E-state index in [0.717, 1.165) is 38.0 Å². The second kappa shape index (κ2) is 5.45. The molecule has 1 aliphatic rings. The van der Waals surface area contributed by atoms with Crippen LogP contribution in [-0.2, 0) is 17.9 Å². The lowest BCUT2D eigenvalue weighted by atomic mass is 10.0. The molecule has 0 bridgehead atoms. The molecule has 94 valence electrons. The van der Waals surface area contributed by atoms with Crippen LogP contribution in [0.25, 0.3) is 0 Å². The number of rotatable bonds is 4. The topological polar surface area (TPSA) is 38.1 Å². The second-order valence-corrected chi connectivity index (χ2v) is 4.76. The van der Waals surface area contributed by atoms with Crippen molar-refractivity contribution >= 4 is 6.29 Å². The molecule has 0 N–H and O–H groups in total. The molecule has 0 aromatic carbocycles. The predicted molar refractivity (Wildman–Crippen MR) is 66.8 cm³/mol. The number of aldehydes is 1. The Morgan fingerprint density at radius 3 is 3.06 bits per heavy atom. The van der Waals surface area contributed by atoms with E-state index in [-0.39, 0.29) is 6.04 Å². The van der Waals surface area contributed by atoms with E-state index in [0.29, 0.717) is 0 Å². The maximum atomic E-state index is 11.1. The highest BCUT2D eigenvalue weighted by molar-refractivity contribution is 5.57. The van der Waals surface area contributed by atoms with Gasteiger partial charge in [0.2, 0.25) is 0 Å². The predicted octanol–water partition coefficient (Wildman–Crippen LogP) is 1.76. The molecule has 0 saturated carbocycles. The van der Waals surface area contributed by atoms with Crippen molar-refractivity contribution in [2.45, 2.75) is 52.2 Å². The van der Waals surface area contributed by atoms with Crippen LogP contribution in [0.3, 0.4) is 0 Å². The van der Waals surface area contributed by atoms with E-state index in [1.807, 2.05) is 11.6 Å². The number of aryl methyl sites for hydroxylation is 2. The van der Waals surface area contributed by atoms with Crippen molar-refractivity contribution in [2.75, 3.05) is 6.54 Å². The molecular weight excluding hydrogens is 214 g/mol. The van der Waals surface area contributed by atoms with Gasteiger partial charge in [0.1, 0.15) is 6.29 Å². The fourth-order valence-electron chi connectivity index (χ4n) is 2.58. The van der Waals surface area contributed by atoms with Crippen molar-refractivity contribution in [1.82, 2.24) is 14.7 Å². The lowest BCUT2D eigenvalue weighted by Crippen LogP contribution is -2.40. The summed E-state index contributed by atoms with van der Waals surface area (Å²) in [5, 5.41) is 4.45. The van der Waals surface area contributed by atoms with Gasteiger partial charge in [0.25, 0.3) is 0 Å². The third kappa shape index (κ3) is 2.75. The van der Waals surface area contributed by atoms with Gasteiger partial charge < -0.3 is 4.79 Å². The van der Waals surface area contributed by atoms with Crippen LogP contribution in [0.2, 0.25) is 0 Å². The molecular formula is C13H21N3O. The molecule has 0 aliphatic carbocycles. The first kappa shape index (κ1) is 12.3. The largest absolute Gasteiger partial charge is 0.302 e. The average Bonchev–Trinajstić information content (AvgIpc) is 2.70. The Kier molecular flexibility index (Phi) is 3.94. The molecule has 0 amide bonds. The normalized spacial score (nSPS) is 21.6. The molecule has 2 heterocycles. The summed E-state index contributed by atoms with van der Waals surface area (Å²) in [4.78, 5) is 13.3. The van der Waals surface area contributed by atoms with Crippen LogP contribution in [0.1, 0.15) is 37.6 Å². The van der Waals surface area contributed by atoms with Gasteiger partial charge in [-0.15, -0.1) is 0 Å². The van der Waals surface area contributed by atoms with Crippen molar-refractivity contribution < 1.29 is 4.79 Å². The Hall–Kier alpha value is -1.16. The highest BCUT2D eigenvalue weighted by atomic mass is 16.1. The molecule has 1 atom stereocenters. The molecule has 0 radical (unpaired) electrons. The first-order valence-electron chi connectivity index (χ1n) is 6.47. The van der Waals surface area contributed by atoms with Crippen molar-refractivity contribution in [2.24, 2.45) is 0 Å². The highest BCUT2D eigenvalue weighted by Crippen LogP contribution is 2.18. The van der Waals surface area contributed by atoms with Crippen LogP contribution in [-0.4, -0.2) is 33.6 Å². The van der Waals surface area contributed by atoms with Crippen LogP contribution in [0.4, 0.5) is 0 Å². The summed E-state index contributed by atoms with van der Waals surface area (Å²) in [5.41, 5.74) is 2.28. The van der Waals surface area contributed by atoms with Crippen LogP contribution in [0.15, 0.2) is 6.07 Å². The molecule has 1 saturated heterocycles. The summed E-state index contributed by atoms with van der Waals surface area (Å²) in [5.74, 6) is 0. The number of hydrogen-bond donors (Lipinski definition) is 0. The minimum atomic E-state index is 0.101. The maximum Gasteiger partial charge on any atom is 0.137 e. The fourth-order valence-corrected chi connectivity index (χ4v) is 2.58. The lowest BCUT2D eigenvalue weighted by Gasteiger charge is -2.32.